The third kappa shape index (κ3) is 3.18. The standard InChI is InChI=1S/C13H20FN3O/c1-5-8(2)9(3)17-13(18)10-6-7-16-12(15-4)11(10)14/h6-9H,5H2,1-4H3,(H,15,16)(H,17,18). The van der Waals surface area contributed by atoms with Gasteiger partial charge in [-0.05, 0) is 18.9 Å². The molecule has 100 valence electrons. The normalized spacial score (nSPS) is 13.8. The summed E-state index contributed by atoms with van der Waals surface area (Å²) in [6.45, 7) is 6.02. The summed E-state index contributed by atoms with van der Waals surface area (Å²) in [5, 5.41) is 5.42. The molecule has 0 aliphatic carbocycles. The van der Waals surface area contributed by atoms with Gasteiger partial charge in [0, 0.05) is 19.3 Å². The average Bonchev–Trinajstić information content (AvgIpc) is 2.37. The summed E-state index contributed by atoms with van der Waals surface area (Å²) < 4.78 is 13.9. The van der Waals surface area contributed by atoms with Gasteiger partial charge in [-0.15, -0.1) is 0 Å². The van der Waals surface area contributed by atoms with E-state index in [1.54, 1.807) is 7.05 Å². The quantitative estimate of drug-likeness (QED) is 0.847. The zero-order chi connectivity index (χ0) is 13.7. The van der Waals surface area contributed by atoms with Gasteiger partial charge in [-0.3, -0.25) is 4.79 Å². The van der Waals surface area contributed by atoms with E-state index in [0.29, 0.717) is 5.92 Å². The Kier molecular flexibility index (Phi) is 5.07. The van der Waals surface area contributed by atoms with Crippen LogP contribution in [-0.2, 0) is 0 Å². The Morgan fingerprint density at radius 1 is 1.50 bits per heavy atom. The molecule has 1 rings (SSSR count). The maximum atomic E-state index is 13.9. The highest BCUT2D eigenvalue weighted by molar-refractivity contribution is 5.95. The minimum Gasteiger partial charge on any atom is -0.371 e. The van der Waals surface area contributed by atoms with Gasteiger partial charge in [0.2, 0.25) is 0 Å². The molecule has 2 unspecified atom stereocenters. The highest BCUT2D eigenvalue weighted by atomic mass is 19.1. The van der Waals surface area contributed by atoms with Crippen LogP contribution in [0.15, 0.2) is 12.3 Å². The predicted molar refractivity (Wildman–Crippen MR) is 70.1 cm³/mol. The molecule has 2 N–H and O–H groups in total. The summed E-state index contributed by atoms with van der Waals surface area (Å²) in [6, 6.07) is 1.39. The lowest BCUT2D eigenvalue weighted by atomic mass is 10.0. The lowest BCUT2D eigenvalue weighted by Gasteiger charge is -2.20. The maximum Gasteiger partial charge on any atom is 0.254 e. The zero-order valence-corrected chi connectivity index (χ0v) is 11.2. The average molecular weight is 253 g/mol. The first kappa shape index (κ1) is 14.4. The van der Waals surface area contributed by atoms with Crippen molar-refractivity contribution in [2.45, 2.75) is 33.2 Å². The van der Waals surface area contributed by atoms with Gasteiger partial charge in [-0.1, -0.05) is 20.3 Å². The van der Waals surface area contributed by atoms with Gasteiger partial charge in [0.15, 0.2) is 11.6 Å². The van der Waals surface area contributed by atoms with Crippen molar-refractivity contribution in [3.05, 3.63) is 23.6 Å². The minimum atomic E-state index is -0.617. The molecule has 18 heavy (non-hydrogen) atoms. The lowest BCUT2D eigenvalue weighted by Crippen LogP contribution is -2.37. The molecule has 0 radical (unpaired) electrons. The summed E-state index contributed by atoms with van der Waals surface area (Å²) in [6.07, 6.45) is 2.37. The molecule has 0 aliphatic heterocycles. The molecule has 0 fully saturated rings. The first-order chi connectivity index (χ1) is 8.51. The van der Waals surface area contributed by atoms with Gasteiger partial charge in [-0.2, -0.15) is 0 Å². The third-order valence-corrected chi connectivity index (χ3v) is 3.23. The Bertz CT molecular complexity index is 423. The van der Waals surface area contributed by atoms with Crippen LogP contribution < -0.4 is 10.6 Å². The van der Waals surface area contributed by atoms with Crippen LogP contribution >= 0.6 is 0 Å². The van der Waals surface area contributed by atoms with E-state index >= 15 is 0 Å². The van der Waals surface area contributed by atoms with Crippen molar-refractivity contribution in [1.82, 2.24) is 10.3 Å². The second-order valence-electron chi connectivity index (χ2n) is 4.42. The smallest absolute Gasteiger partial charge is 0.254 e. The molecule has 0 bridgehead atoms. The van der Waals surface area contributed by atoms with E-state index in [1.165, 1.54) is 12.3 Å². The summed E-state index contributed by atoms with van der Waals surface area (Å²) >= 11 is 0. The van der Waals surface area contributed by atoms with Gasteiger partial charge in [0.05, 0.1) is 5.56 Å². The van der Waals surface area contributed by atoms with Crippen LogP contribution in [0.2, 0.25) is 0 Å². The largest absolute Gasteiger partial charge is 0.371 e. The topological polar surface area (TPSA) is 54.0 Å². The number of hydrogen-bond donors (Lipinski definition) is 2. The Balaban J connectivity index is 2.85. The molecule has 5 heteroatoms. The Labute approximate surface area is 107 Å². The van der Waals surface area contributed by atoms with Crippen LogP contribution in [-0.4, -0.2) is 24.0 Å². The molecule has 0 aliphatic rings. The van der Waals surface area contributed by atoms with Crippen molar-refractivity contribution < 1.29 is 9.18 Å². The maximum absolute atomic E-state index is 13.9. The molecule has 1 aromatic heterocycles. The van der Waals surface area contributed by atoms with Crippen LogP contribution in [0.4, 0.5) is 10.2 Å². The second kappa shape index (κ2) is 6.33. The van der Waals surface area contributed by atoms with E-state index in [0.717, 1.165) is 6.42 Å². The molecule has 4 nitrogen and oxygen atoms in total. The first-order valence-corrected chi connectivity index (χ1v) is 6.14. The highest BCUT2D eigenvalue weighted by Gasteiger charge is 2.19. The molecule has 2 atom stereocenters. The number of aromatic nitrogens is 1. The van der Waals surface area contributed by atoms with Crippen molar-refractivity contribution in [3.63, 3.8) is 0 Å². The lowest BCUT2D eigenvalue weighted by molar-refractivity contribution is 0.0924. The fourth-order valence-electron chi connectivity index (χ4n) is 1.57. The molecule has 0 saturated heterocycles. The van der Waals surface area contributed by atoms with Crippen LogP contribution in [0.3, 0.4) is 0 Å². The summed E-state index contributed by atoms with van der Waals surface area (Å²) in [5.41, 5.74) is 0.0181. The second-order valence-corrected chi connectivity index (χ2v) is 4.42. The third-order valence-electron chi connectivity index (χ3n) is 3.23. The van der Waals surface area contributed by atoms with E-state index in [2.05, 4.69) is 22.5 Å². The van der Waals surface area contributed by atoms with E-state index in [9.17, 15) is 9.18 Å². The molecular weight excluding hydrogens is 233 g/mol. The van der Waals surface area contributed by atoms with Crippen molar-refractivity contribution >= 4 is 11.7 Å². The molecular formula is C13H20FN3O. The Hall–Kier alpha value is -1.65. The van der Waals surface area contributed by atoms with Gasteiger partial charge in [0.25, 0.3) is 5.91 Å². The summed E-state index contributed by atoms with van der Waals surface area (Å²) in [5.74, 6) is -0.588. The number of pyridine rings is 1. The van der Waals surface area contributed by atoms with Crippen molar-refractivity contribution in [1.29, 1.82) is 0 Å². The van der Waals surface area contributed by atoms with Crippen molar-refractivity contribution in [2.24, 2.45) is 5.92 Å². The number of amides is 1. The predicted octanol–water partition coefficient (Wildman–Crippen LogP) is 2.43. The SMILES string of the molecule is CCC(C)C(C)NC(=O)c1ccnc(NC)c1F. The number of halogens is 1. The van der Waals surface area contributed by atoms with Gasteiger partial charge in [0.1, 0.15) is 0 Å². The van der Waals surface area contributed by atoms with E-state index in [-0.39, 0.29) is 17.4 Å². The molecule has 0 saturated carbocycles. The number of hydrogen-bond acceptors (Lipinski definition) is 3. The monoisotopic (exact) mass is 253 g/mol. The van der Waals surface area contributed by atoms with Crippen LogP contribution in [0.1, 0.15) is 37.6 Å². The van der Waals surface area contributed by atoms with Crippen LogP contribution in [0.5, 0.6) is 0 Å². The molecule has 1 amide bonds. The Morgan fingerprint density at radius 3 is 2.72 bits per heavy atom. The molecule has 0 aromatic carbocycles. The fraction of sp³-hybridized carbons (Fsp3) is 0.538. The summed E-state index contributed by atoms with van der Waals surface area (Å²) in [4.78, 5) is 15.8. The Morgan fingerprint density at radius 2 is 2.17 bits per heavy atom. The molecule has 1 heterocycles. The fourth-order valence-corrected chi connectivity index (χ4v) is 1.57. The zero-order valence-electron chi connectivity index (χ0n) is 11.2. The van der Waals surface area contributed by atoms with Gasteiger partial charge < -0.3 is 10.6 Å². The number of nitrogens with zero attached hydrogens (tertiary/aromatic N) is 1. The highest BCUT2D eigenvalue weighted by Crippen LogP contribution is 2.15. The number of nitrogens with one attached hydrogen (secondary N) is 2. The van der Waals surface area contributed by atoms with Crippen LogP contribution in [0.25, 0.3) is 0 Å². The van der Waals surface area contributed by atoms with Gasteiger partial charge >= 0.3 is 0 Å². The number of carbonyl (C=O) groups excluding carboxylic acids is 1. The first-order valence-electron chi connectivity index (χ1n) is 6.14. The van der Waals surface area contributed by atoms with Crippen molar-refractivity contribution in [2.75, 3.05) is 12.4 Å². The molecule has 1 aromatic rings. The molecule has 0 spiro atoms. The number of carbonyl (C=O) groups is 1. The number of anilines is 1. The van der Waals surface area contributed by atoms with E-state index in [4.69, 9.17) is 0 Å². The van der Waals surface area contributed by atoms with E-state index in [1.807, 2.05) is 13.8 Å². The minimum absolute atomic E-state index is 0.00750. The van der Waals surface area contributed by atoms with Crippen molar-refractivity contribution in [3.8, 4) is 0 Å². The summed E-state index contributed by atoms with van der Waals surface area (Å²) in [7, 11) is 1.56. The van der Waals surface area contributed by atoms with E-state index < -0.39 is 11.7 Å². The number of rotatable bonds is 5. The van der Waals surface area contributed by atoms with Gasteiger partial charge in [-0.25, -0.2) is 9.37 Å². The van der Waals surface area contributed by atoms with Crippen LogP contribution in [0, 0.1) is 11.7 Å².